The first kappa shape index (κ1) is 33.9. The van der Waals surface area contributed by atoms with Gasteiger partial charge in [-0.05, 0) is 6.07 Å². The molecule has 0 aliphatic carbocycles. The van der Waals surface area contributed by atoms with E-state index in [0.29, 0.717) is 4.57 Å². The van der Waals surface area contributed by atoms with Crippen molar-refractivity contribution < 1.29 is 78.4 Å². The van der Waals surface area contributed by atoms with E-state index in [1.54, 1.807) is 0 Å². The van der Waals surface area contributed by atoms with E-state index in [1.165, 1.54) is 0 Å². The third-order valence-corrected chi connectivity index (χ3v) is 6.86. The second-order valence-electron chi connectivity index (χ2n) is 9.38. The van der Waals surface area contributed by atoms with Crippen LogP contribution < -0.4 is 16.7 Å². The molecule has 3 rings (SSSR count). The highest BCUT2D eigenvalue weighted by Gasteiger charge is 2.57. The van der Waals surface area contributed by atoms with Gasteiger partial charge < -0.3 is 70.8 Å². The number of rotatable bonds is 11. The van der Waals surface area contributed by atoms with Crippen LogP contribution in [0.5, 0.6) is 0 Å². The smallest absolute Gasteiger partial charge is 0.453 e. The van der Waals surface area contributed by atoms with Crippen LogP contribution in [-0.4, -0.2) is 141 Å². The van der Waals surface area contributed by atoms with Gasteiger partial charge in [0.1, 0.15) is 42.9 Å². The van der Waals surface area contributed by atoms with Crippen LogP contribution in [0, 0.1) is 0 Å². The monoisotopic (exact) mass is 630 g/mol. The van der Waals surface area contributed by atoms with E-state index in [9.17, 15) is 49.6 Å². The van der Waals surface area contributed by atoms with Crippen molar-refractivity contribution in [2.24, 2.45) is 0 Å². The average molecular weight is 630 g/mol. The largest absolute Gasteiger partial charge is 0.469 e. The Morgan fingerprint density at radius 3 is 2.52 bits per heavy atom. The van der Waals surface area contributed by atoms with Gasteiger partial charge in [0.25, 0.3) is 5.79 Å². The topological polar surface area (TPSA) is 343 Å². The minimum Gasteiger partial charge on any atom is -0.453 e. The number of carbonyl (C=O) groups is 2. The quantitative estimate of drug-likeness (QED) is 0.0799. The number of nitrogen functional groups attached to an aromatic ring is 1. The molecule has 1 amide bonds. The lowest BCUT2D eigenvalue weighted by molar-refractivity contribution is -0.300. The van der Waals surface area contributed by atoms with E-state index < -0.39 is 112 Å². The highest BCUT2D eigenvalue weighted by atomic mass is 31.2. The van der Waals surface area contributed by atoms with Crippen LogP contribution in [0.4, 0.5) is 5.82 Å². The number of phosphoric ester groups is 1. The molecule has 42 heavy (non-hydrogen) atoms. The molecule has 1 aromatic heterocycles. The molecule has 2 aliphatic rings. The normalized spacial score (nSPS) is 33.1. The minimum atomic E-state index is -5.14. The van der Waals surface area contributed by atoms with Crippen molar-refractivity contribution in [1.29, 1.82) is 0 Å². The molecule has 0 unspecified atom stereocenters. The van der Waals surface area contributed by atoms with Gasteiger partial charge in [-0.1, -0.05) is 0 Å². The number of aliphatic hydroxyl groups is 7. The molecule has 238 valence electrons. The summed E-state index contributed by atoms with van der Waals surface area (Å²) in [5.74, 6) is -6.21. The van der Waals surface area contributed by atoms with Crippen molar-refractivity contribution in [3.8, 4) is 0 Å². The van der Waals surface area contributed by atoms with Crippen molar-refractivity contribution in [3.05, 3.63) is 22.7 Å². The fourth-order valence-electron chi connectivity index (χ4n) is 4.36. The molecule has 2 aliphatic heterocycles. The first-order chi connectivity index (χ1) is 19.5. The Morgan fingerprint density at radius 2 is 1.95 bits per heavy atom. The number of ether oxygens (including phenoxy) is 3. The Kier molecular flexibility index (Phi) is 10.8. The Hall–Kier alpha value is -2.63. The van der Waals surface area contributed by atoms with Crippen molar-refractivity contribution in [1.82, 2.24) is 14.9 Å². The first-order valence-electron chi connectivity index (χ1n) is 12.1. The van der Waals surface area contributed by atoms with Crippen molar-refractivity contribution in [2.45, 2.75) is 67.2 Å². The van der Waals surface area contributed by atoms with E-state index in [4.69, 9.17) is 34.8 Å². The molecule has 2 saturated heterocycles. The van der Waals surface area contributed by atoms with Gasteiger partial charge in [0.15, 0.2) is 12.3 Å². The third kappa shape index (κ3) is 7.65. The summed E-state index contributed by atoms with van der Waals surface area (Å²) >= 11 is 0. The number of nitrogens with zero attached hydrogens (tertiary/aromatic N) is 2. The Bertz CT molecular complexity index is 1230. The summed E-state index contributed by atoms with van der Waals surface area (Å²) in [4.78, 5) is 58.8. The number of aliphatic hydroxyl groups excluding tert-OH is 6. The zero-order valence-corrected chi connectivity index (χ0v) is 22.3. The van der Waals surface area contributed by atoms with E-state index in [-0.39, 0.29) is 5.82 Å². The molecule has 0 radical (unpaired) electrons. The van der Waals surface area contributed by atoms with Gasteiger partial charge in [-0.15, -0.1) is 0 Å². The zero-order valence-electron chi connectivity index (χ0n) is 21.4. The summed E-state index contributed by atoms with van der Waals surface area (Å²) in [6.07, 6.45) is -15.3. The van der Waals surface area contributed by atoms with Crippen LogP contribution in [0.25, 0.3) is 0 Å². The number of nitrogens with one attached hydrogen (secondary N) is 1. The van der Waals surface area contributed by atoms with Crippen LogP contribution in [0.15, 0.2) is 17.1 Å². The number of hydrogen-bond acceptors (Lipinski definition) is 17. The number of hydrogen-bond donors (Lipinski definition) is 11. The van der Waals surface area contributed by atoms with E-state index >= 15 is 0 Å². The van der Waals surface area contributed by atoms with Gasteiger partial charge in [0, 0.05) is 12.6 Å². The maximum atomic E-state index is 13.2. The third-order valence-electron chi connectivity index (χ3n) is 6.38. The summed E-state index contributed by atoms with van der Waals surface area (Å²) in [5, 5.41) is 73.1. The van der Waals surface area contributed by atoms with E-state index in [1.807, 2.05) is 0 Å². The number of anilines is 1. The van der Waals surface area contributed by atoms with Gasteiger partial charge in [0.2, 0.25) is 5.91 Å². The van der Waals surface area contributed by atoms with Crippen LogP contribution >= 0.6 is 7.82 Å². The molecule has 0 aromatic carbocycles. The summed E-state index contributed by atoms with van der Waals surface area (Å²) in [5.41, 5.74) is 4.41. The van der Waals surface area contributed by atoms with Gasteiger partial charge >= 0.3 is 19.5 Å². The number of carbonyl (C=O) groups excluding carboxylic acids is 2. The highest BCUT2D eigenvalue weighted by Crippen LogP contribution is 2.40. The van der Waals surface area contributed by atoms with Crippen LogP contribution in [-0.2, 0) is 32.9 Å². The Balaban J connectivity index is 1.90. The molecule has 3 heterocycles. The number of esters is 1. The van der Waals surface area contributed by atoms with Gasteiger partial charge in [-0.25, -0.2) is 14.2 Å². The molecule has 12 N–H and O–H groups in total. The summed E-state index contributed by atoms with van der Waals surface area (Å²) < 4.78 is 32.2. The fraction of sp³-hybridized carbons (Fsp3) is 0.700. The molecule has 22 heteroatoms. The lowest BCUT2D eigenvalue weighted by Gasteiger charge is -2.45. The molecule has 21 nitrogen and oxygen atoms in total. The van der Waals surface area contributed by atoms with Gasteiger partial charge in [0.05, 0.1) is 25.4 Å². The standard InChI is InChI=1S/C20H31N4O17P/c21-10-1-2-24(19(33)22-10)17-14(31)15(9(39-17)6-38-42(35,36)37)40-18(32)20(34)3-7(27)12(23-11(29)5-26)16(41-20)13(30)8(28)4-25/h1-2,7-9,12-17,25-28,30-31,34H,3-6H2,(H,23,29)(H2,21,22,33)(H2,35,36,37)/t7-,8+,9+,12+,13+,14+,15+,16+,17+,20-/m0/s1. The van der Waals surface area contributed by atoms with E-state index in [2.05, 4.69) is 14.8 Å². The summed E-state index contributed by atoms with van der Waals surface area (Å²) in [6, 6.07) is -0.496. The number of amides is 1. The van der Waals surface area contributed by atoms with Crippen LogP contribution in [0.1, 0.15) is 12.6 Å². The molecular weight excluding hydrogens is 599 g/mol. The van der Waals surface area contributed by atoms with Gasteiger partial charge in [-0.2, -0.15) is 4.98 Å². The van der Waals surface area contributed by atoms with Crippen LogP contribution in [0.2, 0.25) is 0 Å². The fourth-order valence-corrected chi connectivity index (χ4v) is 4.70. The molecular formula is C20H31N4O17P. The van der Waals surface area contributed by atoms with Crippen molar-refractivity contribution in [3.63, 3.8) is 0 Å². The highest BCUT2D eigenvalue weighted by molar-refractivity contribution is 7.46. The average Bonchev–Trinajstić information content (AvgIpc) is 3.21. The number of nitrogens with two attached hydrogens (primary N) is 1. The maximum absolute atomic E-state index is 13.2. The Morgan fingerprint density at radius 1 is 1.29 bits per heavy atom. The summed E-state index contributed by atoms with van der Waals surface area (Å²) in [6.45, 7) is -3.16. The van der Waals surface area contributed by atoms with Crippen molar-refractivity contribution in [2.75, 3.05) is 25.6 Å². The number of phosphoric acid groups is 1. The molecule has 10 atom stereocenters. The van der Waals surface area contributed by atoms with Crippen LogP contribution in [0.3, 0.4) is 0 Å². The molecule has 2 fully saturated rings. The predicted molar refractivity (Wildman–Crippen MR) is 129 cm³/mol. The molecule has 1 aromatic rings. The Labute approximate surface area is 234 Å². The van der Waals surface area contributed by atoms with Crippen molar-refractivity contribution >= 4 is 25.5 Å². The zero-order chi connectivity index (χ0) is 31.6. The number of aromatic nitrogens is 2. The molecule has 0 bridgehead atoms. The first-order valence-corrected chi connectivity index (χ1v) is 13.6. The molecule has 0 spiro atoms. The maximum Gasteiger partial charge on any atom is 0.469 e. The van der Waals surface area contributed by atoms with E-state index in [0.717, 1.165) is 12.3 Å². The predicted octanol–water partition coefficient (Wildman–Crippen LogP) is -6.87. The summed E-state index contributed by atoms with van der Waals surface area (Å²) in [7, 11) is -5.14. The second-order valence-corrected chi connectivity index (χ2v) is 10.6. The second kappa shape index (κ2) is 13.3. The van der Waals surface area contributed by atoms with Gasteiger partial charge in [-0.3, -0.25) is 13.9 Å². The lowest BCUT2D eigenvalue weighted by atomic mass is 9.88. The SMILES string of the molecule is Nc1ccn([C@@H]2O[C@H](COP(=O)(O)O)[C@@H](OC(=O)[C@]3(O)C[C@H](O)[C@@H](NC(=O)CO)[C@H]([C@H](O)[C@H](O)CO)O3)[C@H]2O)c(=O)n1. The minimum absolute atomic E-state index is 0.195. The molecule has 0 saturated carbocycles. The lowest BCUT2D eigenvalue weighted by Crippen LogP contribution is -2.68.